The van der Waals surface area contributed by atoms with Gasteiger partial charge in [-0.25, -0.2) is 0 Å². The highest BCUT2D eigenvalue weighted by Crippen LogP contribution is 2.37. The molecule has 3 rings (SSSR count). The van der Waals surface area contributed by atoms with E-state index in [9.17, 15) is 10.2 Å². The van der Waals surface area contributed by atoms with Crippen molar-refractivity contribution in [3.63, 3.8) is 0 Å². The van der Waals surface area contributed by atoms with E-state index >= 15 is 0 Å². The number of aromatic nitrogens is 2. The number of hydrogen-bond acceptors (Lipinski definition) is 6. The van der Waals surface area contributed by atoms with Crippen molar-refractivity contribution in [1.29, 1.82) is 0 Å². The van der Waals surface area contributed by atoms with Gasteiger partial charge in [0.2, 0.25) is 0 Å². The van der Waals surface area contributed by atoms with Gasteiger partial charge in [0.1, 0.15) is 5.75 Å². The summed E-state index contributed by atoms with van der Waals surface area (Å²) in [4.78, 5) is 1.99. The molecule has 0 amide bonds. The maximum atomic E-state index is 10.0. The number of hydrogen-bond donors (Lipinski definition) is 2. The van der Waals surface area contributed by atoms with Crippen molar-refractivity contribution in [3.05, 3.63) is 34.3 Å². The molecule has 0 bridgehead atoms. The average Bonchev–Trinajstić information content (AvgIpc) is 2.54. The molecule has 1 fully saturated rings. The van der Waals surface area contributed by atoms with Crippen LogP contribution in [0.3, 0.4) is 0 Å². The summed E-state index contributed by atoms with van der Waals surface area (Å²) in [5.74, 6) is 0.636. The highest BCUT2D eigenvalue weighted by atomic mass is 35.5. The molecule has 2 N–H and O–H groups in total. The SMILES string of the molecule is OC[C@@H]1CN(c2ccc(-c3c(O)cc(Cl)cc3Cl)nn2)CCO1. The number of aliphatic hydroxyl groups is 1. The number of anilines is 1. The average molecular weight is 356 g/mol. The molecule has 6 nitrogen and oxygen atoms in total. The smallest absolute Gasteiger partial charge is 0.151 e. The van der Waals surface area contributed by atoms with E-state index < -0.39 is 0 Å². The number of aliphatic hydroxyl groups excluding tert-OH is 1. The summed E-state index contributed by atoms with van der Waals surface area (Å²) >= 11 is 12.0. The molecule has 1 aromatic heterocycles. The van der Waals surface area contributed by atoms with Gasteiger partial charge in [0.25, 0.3) is 0 Å². The van der Waals surface area contributed by atoms with Crippen molar-refractivity contribution < 1.29 is 14.9 Å². The summed E-state index contributed by atoms with van der Waals surface area (Å²) < 4.78 is 5.41. The quantitative estimate of drug-likeness (QED) is 0.879. The topological polar surface area (TPSA) is 78.7 Å². The number of phenols is 1. The minimum absolute atomic E-state index is 0.0315. The molecule has 23 heavy (non-hydrogen) atoms. The van der Waals surface area contributed by atoms with Gasteiger partial charge in [-0.1, -0.05) is 23.2 Å². The van der Waals surface area contributed by atoms with Gasteiger partial charge in [-0.05, 0) is 24.3 Å². The Hall–Kier alpha value is -1.60. The third-order valence-corrected chi connectivity index (χ3v) is 4.12. The molecule has 0 unspecified atom stereocenters. The molecule has 0 saturated carbocycles. The Morgan fingerprint density at radius 3 is 2.74 bits per heavy atom. The standard InChI is InChI=1S/C15H15Cl2N3O3/c16-9-5-11(17)15(13(22)6-9)12-1-2-14(19-18-12)20-3-4-23-10(7-20)8-21/h1-2,5-6,10,21-22H,3-4,7-8H2/t10-/m0/s1. The molecule has 0 radical (unpaired) electrons. The highest BCUT2D eigenvalue weighted by molar-refractivity contribution is 6.36. The lowest BCUT2D eigenvalue weighted by Gasteiger charge is -2.32. The van der Waals surface area contributed by atoms with E-state index in [0.717, 1.165) is 0 Å². The molecular weight excluding hydrogens is 341 g/mol. The van der Waals surface area contributed by atoms with Gasteiger partial charge in [0, 0.05) is 18.1 Å². The van der Waals surface area contributed by atoms with Crippen LogP contribution in [-0.2, 0) is 4.74 Å². The first-order valence-electron chi connectivity index (χ1n) is 7.08. The summed E-state index contributed by atoms with van der Waals surface area (Å²) in [5.41, 5.74) is 0.852. The van der Waals surface area contributed by atoms with E-state index in [1.165, 1.54) is 6.07 Å². The number of rotatable bonds is 3. The van der Waals surface area contributed by atoms with Crippen molar-refractivity contribution in [2.24, 2.45) is 0 Å². The van der Waals surface area contributed by atoms with Crippen molar-refractivity contribution in [2.45, 2.75) is 6.10 Å². The Balaban J connectivity index is 1.85. The minimum atomic E-state index is -0.222. The molecule has 1 aliphatic heterocycles. The van der Waals surface area contributed by atoms with E-state index in [1.54, 1.807) is 18.2 Å². The number of halogens is 2. The van der Waals surface area contributed by atoms with Crippen molar-refractivity contribution in [3.8, 4) is 17.0 Å². The van der Waals surface area contributed by atoms with Crippen LogP contribution in [0.1, 0.15) is 0 Å². The Morgan fingerprint density at radius 1 is 1.26 bits per heavy atom. The third-order valence-electron chi connectivity index (χ3n) is 3.61. The van der Waals surface area contributed by atoms with Gasteiger partial charge in [-0.3, -0.25) is 0 Å². The normalized spacial score (nSPS) is 18.2. The van der Waals surface area contributed by atoms with Gasteiger partial charge >= 0.3 is 0 Å². The molecule has 122 valence electrons. The largest absolute Gasteiger partial charge is 0.507 e. The number of benzene rings is 1. The second-order valence-corrected chi connectivity index (χ2v) is 6.02. The fourth-order valence-corrected chi connectivity index (χ4v) is 3.06. The van der Waals surface area contributed by atoms with Crippen molar-refractivity contribution in [1.82, 2.24) is 10.2 Å². The lowest BCUT2D eigenvalue weighted by atomic mass is 10.1. The van der Waals surface area contributed by atoms with Crippen LogP contribution < -0.4 is 4.90 Å². The molecule has 1 aliphatic rings. The predicted octanol–water partition coefficient (Wildman–Crippen LogP) is 2.35. The molecule has 0 spiro atoms. The Kier molecular flexibility index (Phi) is 4.87. The highest BCUT2D eigenvalue weighted by Gasteiger charge is 2.21. The van der Waals surface area contributed by atoms with Gasteiger partial charge in [-0.15, -0.1) is 10.2 Å². The molecule has 8 heteroatoms. The van der Waals surface area contributed by atoms with Crippen LogP contribution in [0, 0.1) is 0 Å². The fraction of sp³-hybridized carbons (Fsp3) is 0.333. The fourth-order valence-electron chi connectivity index (χ4n) is 2.48. The molecular formula is C15H15Cl2N3O3. The van der Waals surface area contributed by atoms with E-state index in [0.29, 0.717) is 46.8 Å². The molecule has 1 aromatic carbocycles. The van der Waals surface area contributed by atoms with Crippen LogP contribution in [0.4, 0.5) is 5.82 Å². The zero-order valence-corrected chi connectivity index (χ0v) is 13.6. The Bertz CT molecular complexity index is 674. The molecule has 1 atom stereocenters. The summed E-state index contributed by atoms with van der Waals surface area (Å²) in [6.07, 6.45) is -0.222. The van der Waals surface area contributed by atoms with Gasteiger partial charge in [0.15, 0.2) is 5.82 Å². The van der Waals surface area contributed by atoms with Crippen LogP contribution in [0.2, 0.25) is 10.0 Å². The van der Waals surface area contributed by atoms with Crippen molar-refractivity contribution in [2.75, 3.05) is 31.2 Å². The zero-order chi connectivity index (χ0) is 16.4. The van der Waals surface area contributed by atoms with Crippen LogP contribution in [0.5, 0.6) is 5.75 Å². The first-order valence-corrected chi connectivity index (χ1v) is 7.83. The lowest BCUT2D eigenvalue weighted by molar-refractivity contribution is 0.00332. The Labute approximate surface area is 143 Å². The van der Waals surface area contributed by atoms with Gasteiger partial charge < -0.3 is 19.8 Å². The zero-order valence-electron chi connectivity index (χ0n) is 12.1. The van der Waals surface area contributed by atoms with Crippen LogP contribution in [0.15, 0.2) is 24.3 Å². The maximum Gasteiger partial charge on any atom is 0.151 e. The number of nitrogens with zero attached hydrogens (tertiary/aromatic N) is 3. The molecule has 0 aliphatic carbocycles. The summed E-state index contributed by atoms with van der Waals surface area (Å²) in [6, 6.07) is 6.49. The van der Waals surface area contributed by atoms with E-state index in [-0.39, 0.29) is 18.5 Å². The summed E-state index contributed by atoms with van der Waals surface area (Å²) in [7, 11) is 0. The maximum absolute atomic E-state index is 10.0. The van der Waals surface area contributed by atoms with E-state index in [2.05, 4.69) is 10.2 Å². The van der Waals surface area contributed by atoms with E-state index in [1.807, 2.05) is 4.90 Å². The van der Waals surface area contributed by atoms with Crippen LogP contribution in [-0.4, -0.2) is 52.8 Å². The number of morpholine rings is 1. The summed E-state index contributed by atoms with van der Waals surface area (Å²) in [5, 5.41) is 28.2. The van der Waals surface area contributed by atoms with Crippen LogP contribution in [0.25, 0.3) is 11.3 Å². The Morgan fingerprint density at radius 2 is 2.09 bits per heavy atom. The molecule has 1 saturated heterocycles. The number of ether oxygens (including phenoxy) is 1. The van der Waals surface area contributed by atoms with Gasteiger partial charge in [0.05, 0.1) is 35.6 Å². The number of aromatic hydroxyl groups is 1. The summed E-state index contributed by atoms with van der Waals surface area (Å²) in [6.45, 7) is 1.73. The number of phenolic OH excluding ortho intramolecular Hbond substituents is 1. The minimum Gasteiger partial charge on any atom is -0.507 e. The second kappa shape index (κ2) is 6.88. The lowest BCUT2D eigenvalue weighted by Crippen LogP contribution is -2.44. The van der Waals surface area contributed by atoms with E-state index in [4.69, 9.17) is 27.9 Å². The second-order valence-electron chi connectivity index (χ2n) is 5.18. The predicted molar refractivity (Wildman–Crippen MR) is 88.2 cm³/mol. The monoisotopic (exact) mass is 355 g/mol. The van der Waals surface area contributed by atoms with Crippen molar-refractivity contribution >= 4 is 29.0 Å². The molecule has 2 aromatic rings. The first kappa shape index (κ1) is 16.3. The van der Waals surface area contributed by atoms with Gasteiger partial charge in [-0.2, -0.15) is 0 Å². The third kappa shape index (κ3) is 3.50. The molecule has 2 heterocycles. The van der Waals surface area contributed by atoms with Crippen LogP contribution >= 0.6 is 23.2 Å². The first-order chi connectivity index (χ1) is 11.1.